The zero-order chi connectivity index (χ0) is 12.4. The summed E-state index contributed by atoms with van der Waals surface area (Å²) < 4.78 is 0. The van der Waals surface area contributed by atoms with Crippen molar-refractivity contribution < 1.29 is 4.92 Å². The van der Waals surface area contributed by atoms with Gasteiger partial charge in [-0.25, -0.2) is 4.98 Å². The van der Waals surface area contributed by atoms with E-state index in [0.717, 1.165) is 24.8 Å². The SMILES string of the molecule is Cc1cnc(NC2CCCC2N)c([N+](=O)[O-])c1. The number of hydrogen-bond donors (Lipinski definition) is 2. The third kappa shape index (κ3) is 2.52. The number of nitrogens with zero attached hydrogens (tertiary/aromatic N) is 2. The molecule has 3 N–H and O–H groups in total. The monoisotopic (exact) mass is 236 g/mol. The molecule has 1 aromatic rings. The quantitative estimate of drug-likeness (QED) is 0.614. The van der Waals surface area contributed by atoms with Crippen molar-refractivity contribution in [2.75, 3.05) is 5.32 Å². The Labute approximate surface area is 99.4 Å². The van der Waals surface area contributed by atoms with Crippen LogP contribution in [0.1, 0.15) is 24.8 Å². The van der Waals surface area contributed by atoms with Crippen molar-refractivity contribution in [3.63, 3.8) is 0 Å². The van der Waals surface area contributed by atoms with Crippen molar-refractivity contribution in [1.29, 1.82) is 0 Å². The Kier molecular flexibility index (Phi) is 3.23. The largest absolute Gasteiger partial charge is 0.360 e. The molecule has 0 amide bonds. The number of aromatic nitrogens is 1. The van der Waals surface area contributed by atoms with E-state index >= 15 is 0 Å². The van der Waals surface area contributed by atoms with Crippen LogP contribution in [-0.4, -0.2) is 22.0 Å². The molecule has 1 aromatic heterocycles. The number of rotatable bonds is 3. The van der Waals surface area contributed by atoms with Gasteiger partial charge in [0.15, 0.2) is 0 Å². The summed E-state index contributed by atoms with van der Waals surface area (Å²) in [6.45, 7) is 1.78. The van der Waals surface area contributed by atoms with Crippen LogP contribution in [0.3, 0.4) is 0 Å². The fourth-order valence-corrected chi connectivity index (χ4v) is 2.15. The molecule has 6 nitrogen and oxygen atoms in total. The second-order valence-electron chi connectivity index (χ2n) is 4.48. The molecule has 92 valence electrons. The summed E-state index contributed by atoms with van der Waals surface area (Å²) in [5.74, 6) is 0.322. The minimum Gasteiger partial charge on any atom is -0.360 e. The minimum absolute atomic E-state index is 0.0177. The topological polar surface area (TPSA) is 94.1 Å². The van der Waals surface area contributed by atoms with Gasteiger partial charge in [-0.2, -0.15) is 0 Å². The predicted octanol–water partition coefficient (Wildman–Crippen LogP) is 1.59. The number of aryl methyl sites for hydroxylation is 1. The molecule has 0 bridgehead atoms. The molecule has 1 fully saturated rings. The van der Waals surface area contributed by atoms with Gasteiger partial charge in [0.1, 0.15) is 0 Å². The summed E-state index contributed by atoms with van der Waals surface area (Å²) in [6, 6.07) is 1.66. The van der Waals surface area contributed by atoms with Gasteiger partial charge in [0.2, 0.25) is 5.82 Å². The van der Waals surface area contributed by atoms with Crippen molar-refractivity contribution in [3.8, 4) is 0 Å². The number of anilines is 1. The third-order valence-electron chi connectivity index (χ3n) is 3.09. The molecule has 1 saturated carbocycles. The van der Waals surface area contributed by atoms with E-state index in [0.29, 0.717) is 5.82 Å². The average molecular weight is 236 g/mol. The lowest BCUT2D eigenvalue weighted by Crippen LogP contribution is -2.35. The second kappa shape index (κ2) is 4.67. The lowest BCUT2D eigenvalue weighted by atomic mass is 10.2. The van der Waals surface area contributed by atoms with Crippen LogP contribution in [-0.2, 0) is 0 Å². The Balaban J connectivity index is 2.22. The fourth-order valence-electron chi connectivity index (χ4n) is 2.15. The second-order valence-corrected chi connectivity index (χ2v) is 4.48. The molecule has 2 rings (SSSR count). The highest BCUT2D eigenvalue weighted by molar-refractivity contribution is 5.57. The van der Waals surface area contributed by atoms with Gasteiger partial charge in [-0.15, -0.1) is 0 Å². The maximum absolute atomic E-state index is 10.9. The van der Waals surface area contributed by atoms with Gasteiger partial charge in [0, 0.05) is 24.3 Å². The molecule has 0 radical (unpaired) electrons. The molecule has 1 aliphatic carbocycles. The van der Waals surface area contributed by atoms with Crippen molar-refractivity contribution in [2.24, 2.45) is 5.73 Å². The molecule has 1 heterocycles. The lowest BCUT2D eigenvalue weighted by molar-refractivity contribution is -0.384. The summed E-state index contributed by atoms with van der Waals surface area (Å²) in [5.41, 5.74) is 6.72. The molecular weight excluding hydrogens is 220 g/mol. The number of nitrogens with one attached hydrogen (secondary N) is 1. The van der Waals surface area contributed by atoms with Crippen LogP contribution in [0, 0.1) is 17.0 Å². The van der Waals surface area contributed by atoms with E-state index in [9.17, 15) is 10.1 Å². The van der Waals surface area contributed by atoms with Crippen molar-refractivity contribution in [3.05, 3.63) is 27.9 Å². The molecule has 17 heavy (non-hydrogen) atoms. The Morgan fingerprint density at radius 1 is 1.59 bits per heavy atom. The van der Waals surface area contributed by atoms with Crippen molar-refractivity contribution in [2.45, 2.75) is 38.3 Å². The van der Waals surface area contributed by atoms with Gasteiger partial charge in [-0.3, -0.25) is 10.1 Å². The van der Waals surface area contributed by atoms with Crippen LogP contribution >= 0.6 is 0 Å². The summed E-state index contributed by atoms with van der Waals surface area (Å²) in [7, 11) is 0. The first-order valence-electron chi connectivity index (χ1n) is 5.71. The standard InChI is InChI=1S/C11H16N4O2/c1-7-5-10(15(16)17)11(13-6-7)14-9-4-2-3-8(9)12/h5-6,8-9H,2-4,12H2,1H3,(H,13,14). The highest BCUT2D eigenvalue weighted by Crippen LogP contribution is 2.27. The molecule has 2 unspecified atom stereocenters. The Morgan fingerprint density at radius 3 is 2.94 bits per heavy atom. The molecule has 6 heteroatoms. The van der Waals surface area contributed by atoms with Crippen LogP contribution < -0.4 is 11.1 Å². The van der Waals surface area contributed by atoms with Crippen LogP contribution in [0.2, 0.25) is 0 Å². The highest BCUT2D eigenvalue weighted by Gasteiger charge is 2.26. The van der Waals surface area contributed by atoms with Crippen molar-refractivity contribution in [1.82, 2.24) is 4.98 Å². The summed E-state index contributed by atoms with van der Waals surface area (Å²) >= 11 is 0. The van der Waals surface area contributed by atoms with Gasteiger partial charge in [-0.05, 0) is 31.7 Å². The molecule has 2 atom stereocenters. The first-order valence-corrected chi connectivity index (χ1v) is 5.71. The van der Waals surface area contributed by atoms with E-state index in [-0.39, 0.29) is 17.8 Å². The van der Waals surface area contributed by atoms with E-state index in [4.69, 9.17) is 5.73 Å². The normalized spacial score (nSPS) is 23.6. The van der Waals surface area contributed by atoms with E-state index in [1.807, 2.05) is 0 Å². The zero-order valence-electron chi connectivity index (χ0n) is 9.72. The van der Waals surface area contributed by atoms with Gasteiger partial charge in [0.05, 0.1) is 4.92 Å². The average Bonchev–Trinajstić information content (AvgIpc) is 2.67. The summed E-state index contributed by atoms with van der Waals surface area (Å²) in [6.07, 6.45) is 4.57. The summed E-state index contributed by atoms with van der Waals surface area (Å²) in [5, 5.41) is 14.0. The van der Waals surface area contributed by atoms with E-state index < -0.39 is 4.92 Å². The number of pyridine rings is 1. The van der Waals surface area contributed by atoms with E-state index in [1.165, 1.54) is 6.07 Å². The fraction of sp³-hybridized carbons (Fsp3) is 0.545. The smallest absolute Gasteiger partial charge is 0.311 e. The van der Waals surface area contributed by atoms with Gasteiger partial charge in [-0.1, -0.05) is 0 Å². The maximum atomic E-state index is 10.9. The van der Waals surface area contributed by atoms with Crippen LogP contribution in [0.15, 0.2) is 12.3 Å². The first-order chi connectivity index (χ1) is 8.08. The van der Waals surface area contributed by atoms with Gasteiger partial charge in [0.25, 0.3) is 0 Å². The number of nitrogens with two attached hydrogens (primary N) is 1. The lowest BCUT2D eigenvalue weighted by Gasteiger charge is -2.17. The van der Waals surface area contributed by atoms with Gasteiger partial charge < -0.3 is 11.1 Å². The molecule has 0 aromatic carbocycles. The molecule has 0 spiro atoms. The first kappa shape index (κ1) is 11.8. The zero-order valence-corrected chi connectivity index (χ0v) is 9.72. The molecule has 1 aliphatic rings. The Hall–Kier alpha value is -1.69. The van der Waals surface area contributed by atoms with Crippen molar-refractivity contribution >= 4 is 11.5 Å². The predicted molar refractivity (Wildman–Crippen MR) is 64.9 cm³/mol. The maximum Gasteiger partial charge on any atom is 0.311 e. The third-order valence-corrected chi connectivity index (χ3v) is 3.09. The number of hydrogen-bond acceptors (Lipinski definition) is 5. The number of nitro groups is 1. The molecule has 0 saturated heterocycles. The van der Waals surface area contributed by atoms with Crippen LogP contribution in [0.5, 0.6) is 0 Å². The van der Waals surface area contributed by atoms with Crippen LogP contribution in [0.25, 0.3) is 0 Å². The minimum atomic E-state index is -0.414. The van der Waals surface area contributed by atoms with E-state index in [2.05, 4.69) is 10.3 Å². The van der Waals surface area contributed by atoms with Gasteiger partial charge >= 0.3 is 5.69 Å². The molecular formula is C11H16N4O2. The Bertz CT molecular complexity index is 435. The summed E-state index contributed by atoms with van der Waals surface area (Å²) in [4.78, 5) is 14.6. The van der Waals surface area contributed by atoms with E-state index in [1.54, 1.807) is 13.1 Å². The highest BCUT2D eigenvalue weighted by atomic mass is 16.6. The molecule has 0 aliphatic heterocycles. The van der Waals surface area contributed by atoms with Crippen LogP contribution in [0.4, 0.5) is 11.5 Å². The Morgan fingerprint density at radius 2 is 2.35 bits per heavy atom.